The minimum atomic E-state index is -0.227. The zero-order chi connectivity index (χ0) is 18.1. The van der Waals surface area contributed by atoms with E-state index in [2.05, 4.69) is 32.5 Å². The highest BCUT2D eigenvalue weighted by atomic mass is 32.1. The lowest BCUT2D eigenvalue weighted by molar-refractivity contribution is 0.0632. The largest absolute Gasteiger partial charge is 0.335 e. The van der Waals surface area contributed by atoms with Gasteiger partial charge in [-0.25, -0.2) is 4.52 Å². The Hall–Kier alpha value is -2.45. The number of rotatable bonds is 4. The molecule has 1 amide bonds. The number of hydrogen-bond acceptors (Lipinski definition) is 5. The van der Waals surface area contributed by atoms with Crippen molar-refractivity contribution in [1.29, 1.82) is 0 Å². The second-order valence-corrected chi connectivity index (χ2v) is 7.62. The van der Waals surface area contributed by atoms with Gasteiger partial charge in [0.05, 0.1) is 0 Å². The van der Waals surface area contributed by atoms with Gasteiger partial charge in [-0.2, -0.15) is 5.10 Å². The van der Waals surface area contributed by atoms with Gasteiger partial charge in [0.25, 0.3) is 11.5 Å². The zero-order valence-electron chi connectivity index (χ0n) is 14.6. The number of fused-ring (bicyclic) bond motifs is 1. The number of amides is 1. The predicted octanol–water partition coefficient (Wildman–Crippen LogP) is 1.39. The zero-order valence-corrected chi connectivity index (χ0v) is 15.5. The van der Waals surface area contributed by atoms with Gasteiger partial charge in [-0.15, -0.1) is 11.3 Å². The molecule has 0 bridgehead atoms. The van der Waals surface area contributed by atoms with Gasteiger partial charge in [-0.1, -0.05) is 6.07 Å². The summed E-state index contributed by atoms with van der Waals surface area (Å²) in [6.45, 7) is 5.92. The Morgan fingerprint density at radius 3 is 2.85 bits per heavy atom. The van der Waals surface area contributed by atoms with Crippen LogP contribution in [-0.4, -0.2) is 63.0 Å². The molecular weight excluding hydrogens is 350 g/mol. The number of thiophene rings is 1. The van der Waals surface area contributed by atoms with E-state index in [4.69, 9.17) is 0 Å². The Labute approximate surface area is 154 Å². The van der Waals surface area contributed by atoms with Crippen molar-refractivity contribution in [2.45, 2.75) is 13.3 Å². The summed E-state index contributed by atoms with van der Waals surface area (Å²) in [5.74, 6) is -0.108. The Balaban J connectivity index is 1.39. The third-order valence-electron chi connectivity index (χ3n) is 4.73. The average molecular weight is 371 g/mol. The Kier molecular flexibility index (Phi) is 4.60. The number of hydrogen-bond donors (Lipinski definition) is 1. The lowest BCUT2D eigenvalue weighted by atomic mass is 10.2. The predicted molar refractivity (Wildman–Crippen MR) is 101 cm³/mol. The summed E-state index contributed by atoms with van der Waals surface area (Å²) >= 11 is 1.79. The molecule has 1 saturated heterocycles. The smallest absolute Gasteiger partial charge is 0.274 e. The fraction of sp³-hybridized carbons (Fsp3) is 0.389. The van der Waals surface area contributed by atoms with E-state index in [0.29, 0.717) is 30.0 Å². The second-order valence-electron chi connectivity index (χ2n) is 6.59. The number of nitrogens with one attached hydrogen (secondary N) is 1. The molecular formula is C18H21N5O2S. The quantitative estimate of drug-likeness (QED) is 0.752. The third kappa shape index (κ3) is 3.42. The second kappa shape index (κ2) is 7.05. The molecule has 0 spiro atoms. The molecule has 3 aromatic heterocycles. The van der Waals surface area contributed by atoms with Crippen LogP contribution in [0.3, 0.4) is 0 Å². The van der Waals surface area contributed by atoms with E-state index >= 15 is 0 Å². The third-order valence-corrected chi connectivity index (χ3v) is 5.66. The van der Waals surface area contributed by atoms with Gasteiger partial charge in [0.2, 0.25) is 0 Å². The van der Waals surface area contributed by atoms with E-state index in [1.807, 2.05) is 4.90 Å². The van der Waals surface area contributed by atoms with Crippen LogP contribution < -0.4 is 5.56 Å². The Morgan fingerprint density at radius 1 is 1.31 bits per heavy atom. The maximum atomic E-state index is 12.7. The average Bonchev–Trinajstić information content (AvgIpc) is 3.29. The summed E-state index contributed by atoms with van der Waals surface area (Å²) in [6, 6.07) is 5.82. The molecule has 0 aliphatic carbocycles. The fourth-order valence-electron chi connectivity index (χ4n) is 3.29. The standard InChI is InChI=1S/C18H21N5O2S/c1-13-12-23-16(17(24)19-13)11-15(20-23)18(25)22-8-6-21(7-9-22)5-4-14-3-2-10-26-14/h2-3,10-12H,4-9H2,1H3,(H,19,24). The highest BCUT2D eigenvalue weighted by molar-refractivity contribution is 7.09. The molecule has 3 aromatic rings. The van der Waals surface area contributed by atoms with Crippen LogP contribution in [0.25, 0.3) is 5.52 Å². The molecule has 0 radical (unpaired) electrons. The molecule has 8 heteroatoms. The van der Waals surface area contributed by atoms with E-state index in [9.17, 15) is 9.59 Å². The van der Waals surface area contributed by atoms with Gasteiger partial charge in [0, 0.05) is 55.6 Å². The first kappa shape index (κ1) is 17.0. The molecule has 1 aliphatic rings. The highest BCUT2D eigenvalue weighted by Crippen LogP contribution is 2.12. The number of aryl methyl sites for hydroxylation is 1. The van der Waals surface area contributed by atoms with Gasteiger partial charge in [0.1, 0.15) is 5.52 Å². The van der Waals surface area contributed by atoms with E-state index in [1.54, 1.807) is 30.5 Å². The van der Waals surface area contributed by atoms with Crippen molar-refractivity contribution in [3.63, 3.8) is 0 Å². The van der Waals surface area contributed by atoms with Crippen LogP contribution >= 0.6 is 11.3 Å². The SMILES string of the molecule is Cc1cn2nc(C(=O)N3CCN(CCc4cccs4)CC3)cc2c(=O)[nH]1. The van der Waals surface area contributed by atoms with Gasteiger partial charge < -0.3 is 9.88 Å². The summed E-state index contributed by atoms with van der Waals surface area (Å²) in [5, 5.41) is 6.40. The number of carbonyl (C=O) groups excluding carboxylic acids is 1. The van der Waals surface area contributed by atoms with Crippen LogP contribution in [-0.2, 0) is 6.42 Å². The summed E-state index contributed by atoms with van der Waals surface area (Å²) < 4.78 is 1.48. The van der Waals surface area contributed by atoms with Gasteiger partial charge in [-0.05, 0) is 24.8 Å². The van der Waals surface area contributed by atoms with E-state index in [1.165, 1.54) is 9.39 Å². The maximum absolute atomic E-state index is 12.7. The number of nitrogens with zero attached hydrogens (tertiary/aromatic N) is 4. The number of piperazine rings is 1. The number of carbonyl (C=O) groups is 1. The molecule has 136 valence electrons. The van der Waals surface area contributed by atoms with Crippen molar-refractivity contribution in [3.05, 3.63) is 56.4 Å². The van der Waals surface area contributed by atoms with Crippen molar-refractivity contribution in [2.24, 2.45) is 0 Å². The van der Waals surface area contributed by atoms with Gasteiger partial charge in [-0.3, -0.25) is 14.5 Å². The van der Waals surface area contributed by atoms with Crippen molar-refractivity contribution in [1.82, 2.24) is 24.4 Å². The highest BCUT2D eigenvalue weighted by Gasteiger charge is 2.24. The van der Waals surface area contributed by atoms with Crippen LogP contribution in [0.5, 0.6) is 0 Å². The molecule has 1 aliphatic heterocycles. The monoisotopic (exact) mass is 371 g/mol. The van der Waals surface area contributed by atoms with Crippen molar-refractivity contribution in [2.75, 3.05) is 32.7 Å². The molecule has 0 atom stereocenters. The number of aromatic amines is 1. The van der Waals surface area contributed by atoms with Crippen LogP contribution in [0.15, 0.2) is 34.6 Å². The van der Waals surface area contributed by atoms with Crippen molar-refractivity contribution < 1.29 is 4.79 Å². The molecule has 4 rings (SSSR count). The summed E-state index contributed by atoms with van der Waals surface area (Å²) in [5.41, 5.74) is 1.21. The number of aromatic nitrogens is 3. The summed E-state index contributed by atoms with van der Waals surface area (Å²) in [4.78, 5) is 33.1. The minimum absolute atomic E-state index is 0.108. The summed E-state index contributed by atoms with van der Waals surface area (Å²) in [6.07, 6.45) is 2.77. The van der Waals surface area contributed by atoms with E-state index < -0.39 is 0 Å². The number of H-pyrrole nitrogens is 1. The van der Waals surface area contributed by atoms with Crippen LogP contribution in [0.1, 0.15) is 21.1 Å². The molecule has 1 N–H and O–H groups in total. The van der Waals surface area contributed by atoms with Crippen LogP contribution in [0.2, 0.25) is 0 Å². The normalized spacial score (nSPS) is 15.7. The first-order valence-electron chi connectivity index (χ1n) is 8.73. The van der Waals surface area contributed by atoms with Crippen LogP contribution in [0, 0.1) is 6.92 Å². The lowest BCUT2D eigenvalue weighted by Gasteiger charge is -2.34. The Morgan fingerprint density at radius 2 is 2.12 bits per heavy atom. The van der Waals surface area contributed by atoms with E-state index in [-0.39, 0.29) is 11.5 Å². The molecule has 0 saturated carbocycles. The first-order chi connectivity index (χ1) is 12.6. The molecule has 0 unspecified atom stereocenters. The topological polar surface area (TPSA) is 73.7 Å². The fourth-order valence-corrected chi connectivity index (χ4v) is 3.98. The molecule has 1 fully saturated rings. The minimum Gasteiger partial charge on any atom is -0.335 e. The summed E-state index contributed by atoms with van der Waals surface area (Å²) in [7, 11) is 0. The van der Waals surface area contributed by atoms with Crippen LogP contribution in [0.4, 0.5) is 0 Å². The van der Waals surface area contributed by atoms with Gasteiger partial charge in [0.15, 0.2) is 5.69 Å². The molecule has 0 aromatic carbocycles. The van der Waals surface area contributed by atoms with Crippen molar-refractivity contribution in [3.8, 4) is 0 Å². The lowest BCUT2D eigenvalue weighted by Crippen LogP contribution is -2.49. The Bertz CT molecular complexity index is 967. The van der Waals surface area contributed by atoms with Gasteiger partial charge >= 0.3 is 0 Å². The maximum Gasteiger partial charge on any atom is 0.274 e. The first-order valence-corrected chi connectivity index (χ1v) is 9.61. The molecule has 7 nitrogen and oxygen atoms in total. The molecule has 4 heterocycles. The van der Waals surface area contributed by atoms with E-state index in [0.717, 1.165) is 26.1 Å². The van der Waals surface area contributed by atoms with Crippen molar-refractivity contribution >= 4 is 22.8 Å². The molecule has 26 heavy (non-hydrogen) atoms.